The maximum absolute atomic E-state index is 12.8. The minimum Gasteiger partial charge on any atom is -0.485 e. The highest BCUT2D eigenvalue weighted by Gasteiger charge is 2.29. The van der Waals surface area contributed by atoms with Crippen molar-refractivity contribution >= 4 is 17.7 Å². The molecule has 150 valence electrons. The Morgan fingerprint density at radius 2 is 1.86 bits per heavy atom. The van der Waals surface area contributed by atoms with Crippen molar-refractivity contribution in [2.24, 2.45) is 7.05 Å². The van der Waals surface area contributed by atoms with E-state index in [-0.39, 0.29) is 17.3 Å². The summed E-state index contributed by atoms with van der Waals surface area (Å²) in [5.74, 6) is 2.34. The topological polar surface area (TPSA) is 69.5 Å². The Morgan fingerprint density at radius 3 is 2.61 bits per heavy atom. The average molecular weight is 403 g/mol. The fraction of sp³-hybridized carbons (Fsp3) is 0.550. The lowest BCUT2D eigenvalue weighted by Crippen LogP contribution is -2.37. The van der Waals surface area contributed by atoms with Gasteiger partial charge in [-0.3, -0.25) is 4.79 Å². The van der Waals surface area contributed by atoms with Crippen LogP contribution in [0.25, 0.3) is 0 Å². The van der Waals surface area contributed by atoms with Crippen LogP contribution in [0.4, 0.5) is 0 Å². The minimum absolute atomic E-state index is 0.183. The van der Waals surface area contributed by atoms with Crippen molar-refractivity contribution in [2.45, 2.75) is 49.1 Å². The second kappa shape index (κ2) is 8.43. The molecule has 1 aromatic carbocycles. The van der Waals surface area contributed by atoms with Crippen molar-refractivity contribution in [3.05, 3.63) is 30.1 Å². The van der Waals surface area contributed by atoms with Gasteiger partial charge in [0.15, 0.2) is 28.6 Å². The molecule has 2 aliphatic heterocycles. The molecule has 0 bridgehead atoms. The maximum Gasteiger partial charge on any atom is 0.235 e. The van der Waals surface area contributed by atoms with E-state index in [1.54, 1.807) is 0 Å². The molecule has 28 heavy (non-hydrogen) atoms. The molecule has 1 saturated heterocycles. The van der Waals surface area contributed by atoms with Gasteiger partial charge < -0.3 is 18.9 Å². The van der Waals surface area contributed by atoms with E-state index in [2.05, 4.69) is 10.2 Å². The highest BCUT2D eigenvalue weighted by atomic mass is 32.2. The number of para-hydroxylation sites is 2. The van der Waals surface area contributed by atoms with Crippen LogP contribution < -0.4 is 9.47 Å². The first kappa shape index (κ1) is 19.1. The molecular weight excluding hydrogens is 376 g/mol. The summed E-state index contributed by atoms with van der Waals surface area (Å²) in [7, 11) is 1.91. The van der Waals surface area contributed by atoms with Crippen molar-refractivity contribution in [2.75, 3.05) is 19.7 Å². The Labute approximate surface area is 169 Å². The van der Waals surface area contributed by atoms with Gasteiger partial charge in [-0.05, 0) is 31.9 Å². The van der Waals surface area contributed by atoms with Crippen LogP contribution in [0.1, 0.15) is 44.5 Å². The van der Waals surface area contributed by atoms with Crippen LogP contribution >= 0.6 is 11.8 Å². The van der Waals surface area contributed by atoms with E-state index in [0.717, 1.165) is 31.7 Å². The Hall–Kier alpha value is -2.22. The van der Waals surface area contributed by atoms with E-state index in [4.69, 9.17) is 9.47 Å². The predicted molar refractivity (Wildman–Crippen MR) is 107 cm³/mol. The standard InChI is InChI=1S/C20H26N4O3S/c1-14(19(25)24-11-7-3-4-8-12-24)28-20-22-21-18(23(20)2)17-13-26-15-9-5-6-10-16(15)27-17/h5-6,9-10,14,17H,3-4,7-8,11-13H2,1-2H3. The zero-order valence-electron chi connectivity index (χ0n) is 16.3. The summed E-state index contributed by atoms with van der Waals surface area (Å²) in [5.41, 5.74) is 0. The second-order valence-corrected chi connectivity index (χ2v) is 8.57. The number of ether oxygens (including phenoxy) is 2. The zero-order chi connectivity index (χ0) is 19.5. The monoisotopic (exact) mass is 402 g/mol. The smallest absolute Gasteiger partial charge is 0.235 e. The maximum atomic E-state index is 12.8. The average Bonchev–Trinajstić information content (AvgIpc) is 2.92. The second-order valence-electron chi connectivity index (χ2n) is 7.26. The Kier molecular flexibility index (Phi) is 5.75. The summed E-state index contributed by atoms with van der Waals surface area (Å²) in [4.78, 5) is 14.8. The van der Waals surface area contributed by atoms with Crippen molar-refractivity contribution in [1.82, 2.24) is 19.7 Å². The van der Waals surface area contributed by atoms with E-state index >= 15 is 0 Å². The van der Waals surface area contributed by atoms with Gasteiger partial charge in [-0.2, -0.15) is 0 Å². The zero-order valence-corrected chi connectivity index (χ0v) is 17.2. The van der Waals surface area contributed by atoms with Gasteiger partial charge in [-0.25, -0.2) is 0 Å². The number of benzene rings is 1. The summed E-state index contributed by atoms with van der Waals surface area (Å²) in [6.45, 7) is 4.06. The third-order valence-corrected chi connectivity index (χ3v) is 6.33. The summed E-state index contributed by atoms with van der Waals surface area (Å²) < 4.78 is 13.7. The van der Waals surface area contributed by atoms with Crippen molar-refractivity contribution < 1.29 is 14.3 Å². The third kappa shape index (κ3) is 3.97. The molecular formula is C20H26N4O3S. The van der Waals surface area contributed by atoms with Crippen LogP contribution in [-0.2, 0) is 11.8 Å². The van der Waals surface area contributed by atoms with Crippen molar-refractivity contribution in [1.29, 1.82) is 0 Å². The number of hydrogen-bond acceptors (Lipinski definition) is 6. The van der Waals surface area contributed by atoms with Crippen LogP contribution in [-0.4, -0.2) is 50.5 Å². The van der Waals surface area contributed by atoms with Gasteiger partial charge in [0.05, 0.1) is 5.25 Å². The lowest BCUT2D eigenvalue weighted by molar-refractivity contribution is -0.130. The van der Waals surface area contributed by atoms with Crippen molar-refractivity contribution in [3.63, 3.8) is 0 Å². The molecule has 0 spiro atoms. The van der Waals surface area contributed by atoms with Crippen LogP contribution in [0.2, 0.25) is 0 Å². The molecule has 7 nitrogen and oxygen atoms in total. The fourth-order valence-corrected chi connectivity index (χ4v) is 4.52. The molecule has 1 fully saturated rings. The molecule has 0 saturated carbocycles. The van der Waals surface area contributed by atoms with Crippen LogP contribution in [0.3, 0.4) is 0 Å². The molecule has 2 unspecified atom stereocenters. The number of carbonyl (C=O) groups is 1. The van der Waals surface area contributed by atoms with Gasteiger partial charge in [-0.1, -0.05) is 36.7 Å². The van der Waals surface area contributed by atoms with E-state index in [1.165, 1.54) is 24.6 Å². The van der Waals surface area contributed by atoms with Gasteiger partial charge >= 0.3 is 0 Å². The van der Waals surface area contributed by atoms with Crippen molar-refractivity contribution in [3.8, 4) is 11.5 Å². The van der Waals surface area contributed by atoms with Crippen LogP contribution in [0.5, 0.6) is 11.5 Å². The number of amides is 1. The van der Waals surface area contributed by atoms with Crippen LogP contribution in [0.15, 0.2) is 29.4 Å². The van der Waals surface area contributed by atoms with Gasteiger partial charge in [0.2, 0.25) is 5.91 Å². The van der Waals surface area contributed by atoms with E-state index in [9.17, 15) is 4.79 Å². The number of hydrogen-bond donors (Lipinski definition) is 0. The molecule has 2 atom stereocenters. The third-order valence-electron chi connectivity index (χ3n) is 5.21. The molecule has 3 heterocycles. The minimum atomic E-state index is -0.321. The van der Waals surface area contributed by atoms with Gasteiger partial charge in [0, 0.05) is 20.1 Å². The lowest BCUT2D eigenvalue weighted by Gasteiger charge is -2.26. The van der Waals surface area contributed by atoms with Gasteiger partial charge in [-0.15, -0.1) is 10.2 Å². The molecule has 8 heteroatoms. The van der Waals surface area contributed by atoms with E-state index in [1.807, 2.05) is 47.7 Å². The van der Waals surface area contributed by atoms with Gasteiger partial charge in [0.1, 0.15) is 6.61 Å². The number of aromatic nitrogens is 3. The quantitative estimate of drug-likeness (QED) is 0.732. The molecule has 1 amide bonds. The highest BCUT2D eigenvalue weighted by molar-refractivity contribution is 8.00. The first-order chi connectivity index (χ1) is 13.6. The first-order valence-electron chi connectivity index (χ1n) is 9.86. The summed E-state index contributed by atoms with van der Waals surface area (Å²) in [6, 6.07) is 7.61. The van der Waals surface area contributed by atoms with E-state index < -0.39 is 0 Å². The summed E-state index contributed by atoms with van der Waals surface area (Å²) in [6.07, 6.45) is 4.29. The number of carbonyl (C=O) groups excluding carboxylic acids is 1. The number of likely N-dealkylation sites (tertiary alicyclic amines) is 1. The molecule has 0 radical (unpaired) electrons. The Bertz CT molecular complexity index is 833. The molecule has 4 rings (SSSR count). The van der Waals surface area contributed by atoms with Gasteiger partial charge in [0.25, 0.3) is 0 Å². The number of fused-ring (bicyclic) bond motifs is 1. The Morgan fingerprint density at radius 1 is 1.14 bits per heavy atom. The molecule has 0 N–H and O–H groups in total. The largest absolute Gasteiger partial charge is 0.485 e. The highest BCUT2D eigenvalue weighted by Crippen LogP contribution is 2.36. The number of thioether (sulfide) groups is 1. The number of nitrogens with zero attached hydrogens (tertiary/aromatic N) is 4. The summed E-state index contributed by atoms with van der Waals surface area (Å²) >= 11 is 1.45. The first-order valence-corrected chi connectivity index (χ1v) is 10.7. The molecule has 2 aromatic rings. The number of rotatable bonds is 4. The SMILES string of the molecule is CC(Sc1nnc(C2COc3ccccc3O2)n1C)C(=O)N1CCCCCC1. The molecule has 1 aromatic heterocycles. The Balaban J connectivity index is 1.43. The lowest BCUT2D eigenvalue weighted by atomic mass is 10.2. The molecule has 0 aliphatic carbocycles. The van der Waals surface area contributed by atoms with Crippen LogP contribution in [0, 0.1) is 0 Å². The fourth-order valence-electron chi connectivity index (χ4n) is 3.61. The normalized spacial score (nSPS) is 20.5. The van der Waals surface area contributed by atoms with E-state index in [0.29, 0.717) is 23.3 Å². The molecule has 2 aliphatic rings. The predicted octanol–water partition coefficient (Wildman–Crippen LogP) is 3.21. The summed E-state index contributed by atoms with van der Waals surface area (Å²) in [5, 5.41) is 9.14.